The summed E-state index contributed by atoms with van der Waals surface area (Å²) in [4.78, 5) is 10.7. The van der Waals surface area contributed by atoms with Crippen molar-refractivity contribution in [2.45, 2.75) is 6.42 Å². The summed E-state index contributed by atoms with van der Waals surface area (Å²) < 4.78 is 0. The van der Waals surface area contributed by atoms with Gasteiger partial charge in [0.15, 0.2) is 0 Å². The SMILES string of the molecule is CN(CCc1ccncc1)c1cnccc1C(N)=S. The van der Waals surface area contributed by atoms with Crippen LogP contribution in [-0.4, -0.2) is 28.5 Å². The molecule has 2 aromatic rings. The summed E-state index contributed by atoms with van der Waals surface area (Å²) >= 11 is 5.06. The molecule has 0 aliphatic heterocycles. The minimum absolute atomic E-state index is 0.396. The second-order valence-electron chi connectivity index (χ2n) is 4.28. The van der Waals surface area contributed by atoms with Crippen LogP contribution >= 0.6 is 12.2 Å². The topological polar surface area (TPSA) is 55.0 Å². The van der Waals surface area contributed by atoms with E-state index in [2.05, 4.69) is 14.9 Å². The summed E-state index contributed by atoms with van der Waals surface area (Å²) in [5, 5.41) is 0. The zero-order chi connectivity index (χ0) is 13.7. The number of nitrogens with two attached hydrogens (primary N) is 1. The highest BCUT2D eigenvalue weighted by Gasteiger charge is 2.09. The third-order valence-corrected chi connectivity index (χ3v) is 3.18. The summed E-state index contributed by atoms with van der Waals surface area (Å²) in [5.74, 6) is 0. The molecule has 0 aliphatic rings. The third kappa shape index (κ3) is 3.48. The maximum absolute atomic E-state index is 5.73. The predicted molar refractivity (Wildman–Crippen MR) is 81.3 cm³/mol. The summed E-state index contributed by atoms with van der Waals surface area (Å²) in [6.07, 6.45) is 8.04. The van der Waals surface area contributed by atoms with Crippen LogP contribution in [0.2, 0.25) is 0 Å². The van der Waals surface area contributed by atoms with Crippen LogP contribution < -0.4 is 10.6 Å². The average molecular weight is 272 g/mol. The predicted octanol–water partition coefficient (Wildman–Crippen LogP) is 1.79. The maximum atomic E-state index is 5.73. The molecule has 0 aliphatic carbocycles. The van der Waals surface area contributed by atoms with Crippen molar-refractivity contribution >= 4 is 22.9 Å². The lowest BCUT2D eigenvalue weighted by molar-refractivity contribution is 0.871. The first-order chi connectivity index (χ1) is 9.18. The van der Waals surface area contributed by atoms with Crippen LogP contribution in [0.3, 0.4) is 0 Å². The molecule has 2 N–H and O–H groups in total. The van der Waals surface area contributed by atoms with E-state index in [1.807, 2.05) is 25.2 Å². The van der Waals surface area contributed by atoms with Crippen molar-refractivity contribution in [1.29, 1.82) is 0 Å². The second-order valence-corrected chi connectivity index (χ2v) is 4.72. The fraction of sp³-hybridized carbons (Fsp3) is 0.214. The normalized spacial score (nSPS) is 10.2. The van der Waals surface area contributed by atoms with Crippen molar-refractivity contribution in [3.05, 3.63) is 54.1 Å². The number of likely N-dealkylation sites (N-methyl/N-ethyl adjacent to an activating group) is 1. The van der Waals surface area contributed by atoms with Gasteiger partial charge in [-0.2, -0.15) is 0 Å². The smallest absolute Gasteiger partial charge is 0.106 e. The number of rotatable bonds is 5. The van der Waals surface area contributed by atoms with Crippen molar-refractivity contribution < 1.29 is 0 Å². The Balaban J connectivity index is 2.08. The quantitative estimate of drug-likeness (QED) is 0.841. The summed E-state index contributed by atoms with van der Waals surface area (Å²) in [7, 11) is 2.01. The molecule has 2 rings (SSSR count). The van der Waals surface area contributed by atoms with Gasteiger partial charge in [-0.25, -0.2) is 0 Å². The van der Waals surface area contributed by atoms with Gasteiger partial charge in [0, 0.05) is 37.7 Å². The Kier molecular flexibility index (Phi) is 4.41. The van der Waals surface area contributed by atoms with Crippen molar-refractivity contribution in [2.75, 3.05) is 18.5 Å². The van der Waals surface area contributed by atoms with Crippen LogP contribution in [-0.2, 0) is 6.42 Å². The summed E-state index contributed by atoms with van der Waals surface area (Å²) in [6, 6.07) is 5.89. The standard InChI is InChI=1S/C14H16N4S/c1-18(9-5-11-2-6-16-7-3-11)13-10-17-8-4-12(13)14(15)19/h2-4,6-8,10H,5,9H2,1H3,(H2,15,19). The molecule has 4 nitrogen and oxygen atoms in total. The van der Waals surface area contributed by atoms with Gasteiger partial charge in [-0.1, -0.05) is 12.2 Å². The second kappa shape index (κ2) is 6.24. The third-order valence-electron chi connectivity index (χ3n) is 2.96. The molecule has 98 valence electrons. The van der Waals surface area contributed by atoms with E-state index in [9.17, 15) is 0 Å². The Labute approximate surface area is 118 Å². The molecule has 0 saturated carbocycles. The highest BCUT2D eigenvalue weighted by molar-refractivity contribution is 7.80. The highest BCUT2D eigenvalue weighted by Crippen LogP contribution is 2.17. The molecule has 19 heavy (non-hydrogen) atoms. The van der Waals surface area contributed by atoms with Crippen LogP contribution in [0.5, 0.6) is 0 Å². The van der Waals surface area contributed by atoms with Crippen LogP contribution in [0.4, 0.5) is 5.69 Å². The molecule has 0 unspecified atom stereocenters. The Bertz CT molecular complexity index is 556. The van der Waals surface area contributed by atoms with Crippen LogP contribution in [0.15, 0.2) is 43.0 Å². The molecule has 0 saturated heterocycles. The van der Waals surface area contributed by atoms with Gasteiger partial charge in [-0.3, -0.25) is 9.97 Å². The van der Waals surface area contributed by atoms with Gasteiger partial charge < -0.3 is 10.6 Å². The molecular weight excluding hydrogens is 256 g/mol. The van der Waals surface area contributed by atoms with Crippen molar-refractivity contribution in [3.8, 4) is 0 Å². The first-order valence-electron chi connectivity index (χ1n) is 6.02. The Morgan fingerprint density at radius 2 is 1.89 bits per heavy atom. The van der Waals surface area contributed by atoms with E-state index < -0.39 is 0 Å². The molecule has 0 amide bonds. The number of hydrogen-bond donors (Lipinski definition) is 1. The molecule has 0 bridgehead atoms. The van der Waals surface area contributed by atoms with E-state index in [-0.39, 0.29) is 0 Å². The maximum Gasteiger partial charge on any atom is 0.106 e. The fourth-order valence-electron chi connectivity index (χ4n) is 1.87. The highest BCUT2D eigenvalue weighted by atomic mass is 32.1. The van der Waals surface area contributed by atoms with Gasteiger partial charge in [0.05, 0.1) is 11.9 Å². The van der Waals surface area contributed by atoms with Crippen LogP contribution in [0.25, 0.3) is 0 Å². The number of anilines is 1. The van der Waals surface area contributed by atoms with Crippen molar-refractivity contribution in [1.82, 2.24) is 9.97 Å². The minimum atomic E-state index is 0.396. The molecule has 5 heteroatoms. The van der Waals surface area contributed by atoms with Gasteiger partial charge in [-0.15, -0.1) is 0 Å². The van der Waals surface area contributed by atoms with Gasteiger partial charge in [0.25, 0.3) is 0 Å². The van der Waals surface area contributed by atoms with Crippen molar-refractivity contribution in [2.24, 2.45) is 5.73 Å². The number of nitrogens with zero attached hydrogens (tertiary/aromatic N) is 3. The number of hydrogen-bond acceptors (Lipinski definition) is 4. The van der Waals surface area contributed by atoms with Gasteiger partial charge in [0.2, 0.25) is 0 Å². The lowest BCUT2D eigenvalue weighted by Gasteiger charge is -2.21. The molecule has 0 fully saturated rings. The van der Waals surface area contributed by atoms with Crippen LogP contribution in [0, 0.1) is 0 Å². The lowest BCUT2D eigenvalue weighted by atomic mass is 10.1. The van der Waals surface area contributed by atoms with E-state index in [1.165, 1.54) is 5.56 Å². The van der Waals surface area contributed by atoms with Gasteiger partial charge in [-0.05, 0) is 30.2 Å². The summed E-state index contributed by atoms with van der Waals surface area (Å²) in [6.45, 7) is 0.866. The zero-order valence-corrected chi connectivity index (χ0v) is 11.6. The van der Waals surface area contributed by atoms with E-state index in [0.29, 0.717) is 4.99 Å². The number of aromatic nitrogens is 2. The Hall–Kier alpha value is -2.01. The first kappa shape index (κ1) is 13.4. The van der Waals surface area contributed by atoms with Gasteiger partial charge in [0.1, 0.15) is 4.99 Å². The number of thiocarbonyl (C=S) groups is 1. The fourth-order valence-corrected chi connectivity index (χ4v) is 2.04. The average Bonchev–Trinajstić information content (AvgIpc) is 2.46. The molecule has 0 radical (unpaired) electrons. The Morgan fingerprint density at radius 1 is 1.21 bits per heavy atom. The van der Waals surface area contributed by atoms with Gasteiger partial charge >= 0.3 is 0 Å². The van der Waals surface area contributed by atoms with Crippen molar-refractivity contribution in [3.63, 3.8) is 0 Å². The van der Waals surface area contributed by atoms with E-state index in [1.54, 1.807) is 24.8 Å². The molecule has 2 aromatic heterocycles. The monoisotopic (exact) mass is 272 g/mol. The van der Waals surface area contributed by atoms with E-state index >= 15 is 0 Å². The number of pyridine rings is 2. The lowest BCUT2D eigenvalue weighted by Crippen LogP contribution is -2.24. The first-order valence-corrected chi connectivity index (χ1v) is 6.43. The summed E-state index contributed by atoms with van der Waals surface area (Å²) in [5.41, 5.74) is 8.81. The van der Waals surface area contributed by atoms with E-state index in [0.717, 1.165) is 24.2 Å². The van der Waals surface area contributed by atoms with Crippen LogP contribution in [0.1, 0.15) is 11.1 Å². The zero-order valence-electron chi connectivity index (χ0n) is 10.8. The Morgan fingerprint density at radius 3 is 2.58 bits per heavy atom. The molecule has 0 aromatic carbocycles. The molecule has 0 atom stereocenters. The minimum Gasteiger partial charge on any atom is -0.389 e. The van der Waals surface area contributed by atoms with E-state index in [4.69, 9.17) is 18.0 Å². The molecule has 2 heterocycles. The largest absolute Gasteiger partial charge is 0.389 e. The molecule has 0 spiro atoms. The molecular formula is C14H16N4S.